The quantitative estimate of drug-likeness (QED) is 0.792. The first-order valence-electron chi connectivity index (χ1n) is 5.58. The van der Waals surface area contributed by atoms with Crippen LogP contribution < -0.4 is 16.2 Å². The lowest BCUT2D eigenvalue weighted by atomic mass is 10.3. The second-order valence-electron chi connectivity index (χ2n) is 4.08. The molecular formula is C12H11BrN4O. The first-order valence-corrected chi connectivity index (χ1v) is 6.37. The fourth-order valence-electron chi connectivity index (χ4n) is 1.94. The summed E-state index contributed by atoms with van der Waals surface area (Å²) in [6.07, 6.45) is 0. The maximum atomic E-state index is 11.8. The Bertz CT molecular complexity index is 653. The summed E-state index contributed by atoms with van der Waals surface area (Å²) in [4.78, 5) is 18.9. The molecule has 1 aromatic heterocycles. The first kappa shape index (κ1) is 11.4. The van der Waals surface area contributed by atoms with Crippen molar-refractivity contribution < 1.29 is 0 Å². The molecule has 1 aliphatic rings. The van der Waals surface area contributed by atoms with Crippen molar-refractivity contribution in [3.8, 4) is 0 Å². The van der Waals surface area contributed by atoms with E-state index in [1.54, 1.807) is 0 Å². The number of aromatic nitrogens is 2. The molecule has 2 aromatic rings. The Morgan fingerprint density at radius 3 is 3.06 bits per heavy atom. The van der Waals surface area contributed by atoms with Crippen LogP contribution in [-0.2, 0) is 13.1 Å². The van der Waals surface area contributed by atoms with Crippen LogP contribution in [0.4, 0.5) is 11.6 Å². The van der Waals surface area contributed by atoms with Crippen LogP contribution in [0.1, 0.15) is 11.3 Å². The summed E-state index contributed by atoms with van der Waals surface area (Å²) in [6.45, 7) is 1.24. The molecule has 0 saturated carbocycles. The molecule has 1 aliphatic heterocycles. The zero-order valence-electron chi connectivity index (χ0n) is 9.46. The number of nitrogens with zero attached hydrogens (tertiary/aromatic N) is 1. The van der Waals surface area contributed by atoms with Crippen LogP contribution in [0.15, 0.2) is 33.5 Å². The van der Waals surface area contributed by atoms with E-state index in [1.807, 2.05) is 24.3 Å². The van der Waals surface area contributed by atoms with Crippen molar-refractivity contribution in [3.05, 3.63) is 50.3 Å². The molecule has 0 radical (unpaired) electrons. The third-order valence-corrected chi connectivity index (χ3v) is 3.28. The van der Waals surface area contributed by atoms with Gasteiger partial charge in [-0.15, -0.1) is 0 Å². The van der Waals surface area contributed by atoms with Crippen molar-refractivity contribution in [1.82, 2.24) is 15.3 Å². The fraction of sp³-hybridized carbons (Fsp3) is 0.167. The van der Waals surface area contributed by atoms with E-state index < -0.39 is 0 Å². The zero-order chi connectivity index (χ0) is 12.5. The van der Waals surface area contributed by atoms with Gasteiger partial charge in [-0.3, -0.25) is 9.78 Å². The lowest BCUT2D eigenvalue weighted by Crippen LogP contribution is -2.16. The van der Waals surface area contributed by atoms with Crippen molar-refractivity contribution in [3.63, 3.8) is 0 Å². The van der Waals surface area contributed by atoms with Crippen LogP contribution in [0.25, 0.3) is 0 Å². The average molecular weight is 307 g/mol. The van der Waals surface area contributed by atoms with Gasteiger partial charge < -0.3 is 10.6 Å². The van der Waals surface area contributed by atoms with E-state index in [2.05, 4.69) is 36.5 Å². The largest absolute Gasteiger partial charge is 0.326 e. The van der Waals surface area contributed by atoms with Crippen LogP contribution in [0.3, 0.4) is 0 Å². The number of H-pyrrole nitrogens is 1. The van der Waals surface area contributed by atoms with Gasteiger partial charge in [0.1, 0.15) is 0 Å². The highest BCUT2D eigenvalue weighted by molar-refractivity contribution is 9.10. The summed E-state index contributed by atoms with van der Waals surface area (Å²) >= 11 is 3.40. The smallest absolute Gasteiger partial charge is 0.257 e. The van der Waals surface area contributed by atoms with Crippen molar-refractivity contribution in [2.24, 2.45) is 0 Å². The average Bonchev–Trinajstić information content (AvgIpc) is 2.77. The van der Waals surface area contributed by atoms with Gasteiger partial charge in [0.15, 0.2) is 0 Å². The third kappa shape index (κ3) is 2.16. The first-order chi connectivity index (χ1) is 8.72. The van der Waals surface area contributed by atoms with Crippen LogP contribution in [-0.4, -0.2) is 9.97 Å². The molecule has 3 N–H and O–H groups in total. The van der Waals surface area contributed by atoms with Crippen LogP contribution in [0.2, 0.25) is 0 Å². The molecule has 0 unspecified atom stereocenters. The maximum absolute atomic E-state index is 11.8. The van der Waals surface area contributed by atoms with E-state index >= 15 is 0 Å². The highest BCUT2D eigenvalue weighted by Crippen LogP contribution is 2.18. The van der Waals surface area contributed by atoms with E-state index in [4.69, 9.17) is 0 Å². The topological polar surface area (TPSA) is 69.8 Å². The number of halogens is 1. The van der Waals surface area contributed by atoms with E-state index in [0.717, 1.165) is 21.4 Å². The minimum Gasteiger partial charge on any atom is -0.326 e. The molecule has 18 heavy (non-hydrogen) atoms. The van der Waals surface area contributed by atoms with Gasteiger partial charge in [-0.1, -0.05) is 22.0 Å². The van der Waals surface area contributed by atoms with Gasteiger partial charge in [-0.2, -0.15) is 0 Å². The summed E-state index contributed by atoms with van der Waals surface area (Å²) in [6, 6.07) is 7.69. The lowest BCUT2D eigenvalue weighted by Gasteiger charge is -2.07. The van der Waals surface area contributed by atoms with Crippen molar-refractivity contribution >= 4 is 27.6 Å². The molecule has 5 nitrogen and oxygen atoms in total. The van der Waals surface area contributed by atoms with Crippen molar-refractivity contribution in [2.45, 2.75) is 13.1 Å². The van der Waals surface area contributed by atoms with Crippen LogP contribution in [0, 0.1) is 0 Å². The monoisotopic (exact) mass is 306 g/mol. The van der Waals surface area contributed by atoms with Gasteiger partial charge in [0, 0.05) is 23.2 Å². The number of hydrogen-bond acceptors (Lipinski definition) is 4. The summed E-state index contributed by atoms with van der Waals surface area (Å²) in [7, 11) is 0. The van der Waals surface area contributed by atoms with E-state index in [1.165, 1.54) is 0 Å². The van der Waals surface area contributed by atoms with Gasteiger partial charge in [0.05, 0.1) is 11.3 Å². The van der Waals surface area contributed by atoms with Gasteiger partial charge in [-0.05, 0) is 18.2 Å². The Hall–Kier alpha value is -1.66. The number of rotatable bonds is 2. The number of benzene rings is 1. The number of fused-ring (bicyclic) bond motifs is 1. The van der Waals surface area contributed by atoms with Crippen LogP contribution in [0.5, 0.6) is 0 Å². The standard InChI is InChI=1S/C12H11BrN4O/c13-7-2-1-3-8(4-7)15-12-16-10-6-14-5-9(10)11(18)17-12/h1-4,14H,5-6H2,(H2,15,16,17,18). The Morgan fingerprint density at radius 1 is 1.33 bits per heavy atom. The number of aromatic amines is 1. The summed E-state index contributed by atoms with van der Waals surface area (Å²) in [5, 5.41) is 6.20. The molecule has 3 rings (SSSR count). The van der Waals surface area contributed by atoms with E-state index in [-0.39, 0.29) is 5.56 Å². The van der Waals surface area contributed by atoms with E-state index in [9.17, 15) is 4.79 Å². The molecule has 0 saturated heterocycles. The summed E-state index contributed by atoms with van der Waals surface area (Å²) < 4.78 is 0.970. The molecule has 2 heterocycles. The highest BCUT2D eigenvalue weighted by atomic mass is 79.9. The van der Waals surface area contributed by atoms with Gasteiger partial charge >= 0.3 is 0 Å². The molecule has 6 heteroatoms. The Balaban J connectivity index is 1.94. The molecule has 0 amide bonds. The SMILES string of the molecule is O=c1[nH]c(Nc2cccc(Br)c2)nc2c1CNC2. The molecule has 0 spiro atoms. The second-order valence-corrected chi connectivity index (χ2v) is 4.99. The third-order valence-electron chi connectivity index (χ3n) is 2.78. The highest BCUT2D eigenvalue weighted by Gasteiger charge is 2.16. The molecule has 0 atom stereocenters. The lowest BCUT2D eigenvalue weighted by molar-refractivity contribution is 0.757. The molecule has 1 aromatic carbocycles. The van der Waals surface area contributed by atoms with Gasteiger partial charge in [0.2, 0.25) is 5.95 Å². The number of anilines is 2. The number of nitrogens with one attached hydrogen (secondary N) is 3. The van der Waals surface area contributed by atoms with Gasteiger partial charge in [-0.25, -0.2) is 4.98 Å². The maximum Gasteiger partial charge on any atom is 0.257 e. The molecule has 0 aliphatic carbocycles. The van der Waals surface area contributed by atoms with Crippen molar-refractivity contribution in [1.29, 1.82) is 0 Å². The Morgan fingerprint density at radius 2 is 2.22 bits per heavy atom. The predicted octanol–water partition coefficient (Wildman–Crippen LogP) is 1.88. The molecule has 0 bridgehead atoms. The minimum atomic E-state index is -0.0810. The van der Waals surface area contributed by atoms with Crippen molar-refractivity contribution in [2.75, 3.05) is 5.32 Å². The van der Waals surface area contributed by atoms with E-state index in [0.29, 0.717) is 19.0 Å². The molecule has 0 fully saturated rings. The number of hydrogen-bond donors (Lipinski definition) is 3. The zero-order valence-corrected chi connectivity index (χ0v) is 11.0. The minimum absolute atomic E-state index is 0.0810. The van der Waals surface area contributed by atoms with Gasteiger partial charge in [0.25, 0.3) is 5.56 Å². The summed E-state index contributed by atoms with van der Waals surface area (Å²) in [5.41, 5.74) is 2.34. The summed E-state index contributed by atoms with van der Waals surface area (Å²) in [5.74, 6) is 0.473. The van der Waals surface area contributed by atoms with Crippen LogP contribution >= 0.6 is 15.9 Å². The Kier molecular flexibility index (Phi) is 2.89. The molecular weight excluding hydrogens is 296 g/mol. The Labute approximate surface area is 112 Å². The second kappa shape index (κ2) is 4.55. The predicted molar refractivity (Wildman–Crippen MR) is 72.8 cm³/mol. The normalized spacial score (nSPS) is 13.4. The molecule has 92 valence electrons. The fourth-order valence-corrected chi connectivity index (χ4v) is 2.34.